The molecule has 2 heterocycles. The van der Waals surface area contributed by atoms with Crippen molar-refractivity contribution in [1.29, 1.82) is 0 Å². The molecule has 3 rings (SSSR count). The molecule has 5 heteroatoms. The number of benzene rings is 1. The Bertz CT molecular complexity index is 618. The van der Waals surface area contributed by atoms with Crippen molar-refractivity contribution in [2.75, 3.05) is 13.1 Å². The van der Waals surface area contributed by atoms with Gasteiger partial charge in [0.2, 0.25) is 5.91 Å². The third-order valence-corrected chi connectivity index (χ3v) is 3.83. The number of carbonyl (C=O) groups is 1. The predicted molar refractivity (Wildman–Crippen MR) is 83.2 cm³/mol. The first kappa shape index (κ1) is 14.5. The van der Waals surface area contributed by atoms with Crippen molar-refractivity contribution >= 4 is 5.91 Å². The summed E-state index contributed by atoms with van der Waals surface area (Å²) in [4.78, 5) is 18.2. The summed E-state index contributed by atoms with van der Waals surface area (Å²) in [5, 5.41) is 0. The summed E-state index contributed by atoms with van der Waals surface area (Å²) in [6, 6.07) is 12.5. The van der Waals surface area contributed by atoms with E-state index in [1.54, 1.807) is 17.3 Å². The van der Waals surface area contributed by atoms with Crippen molar-refractivity contribution in [3.63, 3.8) is 0 Å². The standard InChI is InChI=1S/C17H19N3O2/c18-16(13-4-2-1-3-5-13)17(21)20-11-8-15(12-20)22-14-6-9-19-10-7-14/h1-7,9-10,15-16H,8,11-12,18H2/t15-,16+/m1/s1. The molecule has 2 N–H and O–H groups in total. The minimum Gasteiger partial charge on any atom is -0.488 e. The van der Waals surface area contributed by atoms with Crippen LogP contribution in [0.2, 0.25) is 0 Å². The second-order valence-electron chi connectivity index (χ2n) is 5.38. The number of amides is 1. The number of ether oxygens (including phenoxy) is 1. The number of nitrogens with two attached hydrogens (primary N) is 1. The topological polar surface area (TPSA) is 68.5 Å². The van der Waals surface area contributed by atoms with Gasteiger partial charge in [0, 0.05) is 25.4 Å². The molecular weight excluding hydrogens is 278 g/mol. The van der Waals surface area contributed by atoms with E-state index < -0.39 is 6.04 Å². The summed E-state index contributed by atoms with van der Waals surface area (Å²) in [5.41, 5.74) is 6.91. The summed E-state index contributed by atoms with van der Waals surface area (Å²) in [6.45, 7) is 1.25. The maximum absolute atomic E-state index is 12.5. The zero-order chi connectivity index (χ0) is 15.4. The van der Waals surface area contributed by atoms with Crippen LogP contribution in [0.25, 0.3) is 0 Å². The van der Waals surface area contributed by atoms with Crippen LogP contribution in [-0.4, -0.2) is 35.0 Å². The maximum Gasteiger partial charge on any atom is 0.244 e. The van der Waals surface area contributed by atoms with Gasteiger partial charge in [-0.05, 0) is 17.7 Å². The summed E-state index contributed by atoms with van der Waals surface area (Å²) < 4.78 is 5.87. The molecule has 0 bridgehead atoms. The van der Waals surface area contributed by atoms with Gasteiger partial charge >= 0.3 is 0 Å². The van der Waals surface area contributed by atoms with Crippen LogP contribution in [0.15, 0.2) is 54.9 Å². The second-order valence-corrected chi connectivity index (χ2v) is 5.38. The SMILES string of the molecule is N[C@H](C(=O)N1CC[C@@H](Oc2ccncc2)C1)c1ccccc1. The van der Waals surface area contributed by atoms with E-state index in [2.05, 4.69) is 4.98 Å². The van der Waals surface area contributed by atoms with Gasteiger partial charge in [-0.15, -0.1) is 0 Å². The number of pyridine rings is 1. The van der Waals surface area contributed by atoms with Crippen LogP contribution in [0, 0.1) is 0 Å². The van der Waals surface area contributed by atoms with Gasteiger partial charge in [0.25, 0.3) is 0 Å². The summed E-state index contributed by atoms with van der Waals surface area (Å²) in [6.07, 6.45) is 4.21. The number of hydrogen-bond donors (Lipinski definition) is 1. The number of hydrogen-bond acceptors (Lipinski definition) is 4. The quantitative estimate of drug-likeness (QED) is 0.933. The molecule has 22 heavy (non-hydrogen) atoms. The normalized spacial score (nSPS) is 19.0. The number of nitrogens with zero attached hydrogens (tertiary/aromatic N) is 2. The van der Waals surface area contributed by atoms with Crippen LogP contribution in [0.3, 0.4) is 0 Å². The maximum atomic E-state index is 12.5. The molecule has 0 saturated carbocycles. The molecule has 114 valence electrons. The van der Waals surface area contributed by atoms with E-state index >= 15 is 0 Å². The Morgan fingerprint density at radius 1 is 1.23 bits per heavy atom. The third-order valence-electron chi connectivity index (χ3n) is 3.83. The van der Waals surface area contributed by atoms with E-state index in [0.717, 1.165) is 17.7 Å². The molecule has 1 aliphatic rings. The lowest BCUT2D eigenvalue weighted by molar-refractivity contribution is -0.131. The molecule has 1 aromatic heterocycles. The highest BCUT2D eigenvalue weighted by Crippen LogP contribution is 2.20. The molecular formula is C17H19N3O2. The van der Waals surface area contributed by atoms with Gasteiger partial charge in [-0.3, -0.25) is 9.78 Å². The lowest BCUT2D eigenvalue weighted by Gasteiger charge is -2.21. The van der Waals surface area contributed by atoms with Crippen LogP contribution < -0.4 is 10.5 Å². The molecule has 0 unspecified atom stereocenters. The fourth-order valence-electron chi connectivity index (χ4n) is 2.63. The van der Waals surface area contributed by atoms with Gasteiger partial charge in [-0.25, -0.2) is 0 Å². The molecule has 1 saturated heterocycles. The van der Waals surface area contributed by atoms with Gasteiger partial charge in [0.15, 0.2) is 0 Å². The zero-order valence-corrected chi connectivity index (χ0v) is 12.3. The van der Waals surface area contributed by atoms with Crippen molar-refractivity contribution < 1.29 is 9.53 Å². The summed E-state index contributed by atoms with van der Waals surface area (Å²) >= 11 is 0. The Labute approximate surface area is 129 Å². The van der Waals surface area contributed by atoms with Crippen LogP contribution >= 0.6 is 0 Å². The van der Waals surface area contributed by atoms with E-state index in [0.29, 0.717) is 13.1 Å². The van der Waals surface area contributed by atoms with E-state index in [1.807, 2.05) is 42.5 Å². The highest BCUT2D eigenvalue weighted by Gasteiger charge is 2.30. The Morgan fingerprint density at radius 3 is 2.68 bits per heavy atom. The molecule has 1 fully saturated rings. The lowest BCUT2D eigenvalue weighted by atomic mass is 10.1. The van der Waals surface area contributed by atoms with Crippen molar-refractivity contribution in [2.45, 2.75) is 18.6 Å². The Kier molecular flexibility index (Phi) is 4.34. The van der Waals surface area contributed by atoms with Crippen molar-refractivity contribution in [2.24, 2.45) is 5.73 Å². The zero-order valence-electron chi connectivity index (χ0n) is 12.3. The number of aromatic nitrogens is 1. The molecule has 0 radical (unpaired) electrons. The summed E-state index contributed by atoms with van der Waals surface area (Å²) in [7, 11) is 0. The molecule has 1 aliphatic heterocycles. The average molecular weight is 297 g/mol. The minimum atomic E-state index is -0.610. The van der Waals surface area contributed by atoms with Gasteiger partial charge in [0.1, 0.15) is 17.9 Å². The minimum absolute atomic E-state index is 0.00863. The molecule has 2 aromatic rings. The Morgan fingerprint density at radius 2 is 1.95 bits per heavy atom. The van der Waals surface area contributed by atoms with E-state index in [4.69, 9.17) is 10.5 Å². The second kappa shape index (κ2) is 6.58. The average Bonchev–Trinajstić information content (AvgIpc) is 3.04. The van der Waals surface area contributed by atoms with Crippen molar-refractivity contribution in [3.8, 4) is 5.75 Å². The molecule has 1 aromatic carbocycles. The fourth-order valence-corrected chi connectivity index (χ4v) is 2.63. The van der Waals surface area contributed by atoms with Crippen LogP contribution in [0.1, 0.15) is 18.0 Å². The van der Waals surface area contributed by atoms with Gasteiger partial charge in [0.05, 0.1) is 6.54 Å². The first-order valence-corrected chi connectivity index (χ1v) is 7.40. The number of carbonyl (C=O) groups excluding carboxylic acids is 1. The van der Waals surface area contributed by atoms with Crippen LogP contribution in [0.5, 0.6) is 5.75 Å². The van der Waals surface area contributed by atoms with Crippen molar-refractivity contribution in [3.05, 3.63) is 60.4 Å². The van der Waals surface area contributed by atoms with Crippen LogP contribution in [0.4, 0.5) is 0 Å². The Hall–Kier alpha value is -2.40. The van der Waals surface area contributed by atoms with E-state index in [9.17, 15) is 4.79 Å². The van der Waals surface area contributed by atoms with E-state index in [-0.39, 0.29) is 12.0 Å². The largest absolute Gasteiger partial charge is 0.488 e. The number of likely N-dealkylation sites (tertiary alicyclic amines) is 1. The molecule has 0 aliphatic carbocycles. The van der Waals surface area contributed by atoms with Gasteiger partial charge in [-0.2, -0.15) is 0 Å². The monoisotopic (exact) mass is 297 g/mol. The highest BCUT2D eigenvalue weighted by molar-refractivity contribution is 5.83. The first-order chi connectivity index (χ1) is 10.7. The summed E-state index contributed by atoms with van der Waals surface area (Å²) in [5.74, 6) is 0.730. The molecule has 5 nitrogen and oxygen atoms in total. The molecule has 1 amide bonds. The van der Waals surface area contributed by atoms with Gasteiger partial charge < -0.3 is 15.4 Å². The smallest absolute Gasteiger partial charge is 0.244 e. The molecule has 2 atom stereocenters. The van der Waals surface area contributed by atoms with E-state index in [1.165, 1.54) is 0 Å². The van der Waals surface area contributed by atoms with Crippen molar-refractivity contribution in [1.82, 2.24) is 9.88 Å². The predicted octanol–water partition coefficient (Wildman–Crippen LogP) is 1.76. The fraction of sp³-hybridized carbons (Fsp3) is 0.294. The first-order valence-electron chi connectivity index (χ1n) is 7.40. The van der Waals surface area contributed by atoms with Gasteiger partial charge in [-0.1, -0.05) is 30.3 Å². The van der Waals surface area contributed by atoms with Crippen LogP contribution in [-0.2, 0) is 4.79 Å². The molecule has 0 spiro atoms. The number of rotatable bonds is 4. The third kappa shape index (κ3) is 3.26. The Balaban J connectivity index is 1.59. The lowest BCUT2D eigenvalue weighted by Crippen LogP contribution is -2.38. The highest BCUT2D eigenvalue weighted by atomic mass is 16.5.